The lowest BCUT2D eigenvalue weighted by molar-refractivity contribution is -0.229. The summed E-state index contributed by atoms with van der Waals surface area (Å²) < 4.78 is 51.8. The summed E-state index contributed by atoms with van der Waals surface area (Å²) in [5.74, 6) is -0.121. The Morgan fingerprint density at radius 1 is 0.864 bits per heavy atom. The van der Waals surface area contributed by atoms with Crippen LogP contribution in [0.3, 0.4) is 0 Å². The molecule has 2 aliphatic heterocycles. The number of ether oxygens (including phenoxy) is 2. The predicted octanol–water partition coefficient (Wildman–Crippen LogP) is 4.59. The molecule has 2 aromatic carbocycles. The number of carbonyl (C=O) groups excluding carboxylic acids is 4. The largest absolute Gasteiger partial charge is 0.481 e. The van der Waals surface area contributed by atoms with Gasteiger partial charge in [0.2, 0.25) is 23.6 Å². The van der Waals surface area contributed by atoms with Gasteiger partial charge in [-0.15, -0.1) is 16.7 Å². The fraction of sp³-hybridized carbons (Fsp3) is 0.537. The van der Waals surface area contributed by atoms with Crippen molar-refractivity contribution in [2.75, 3.05) is 52.3 Å². The summed E-state index contributed by atoms with van der Waals surface area (Å²) in [7, 11) is 3.61. The van der Waals surface area contributed by atoms with Gasteiger partial charge in [0.1, 0.15) is 0 Å². The number of halogens is 3. The molecule has 1 atom stereocenters. The summed E-state index contributed by atoms with van der Waals surface area (Å²) in [6, 6.07) is 12.2. The molecule has 15 nitrogen and oxygen atoms in total. The molecule has 0 unspecified atom stereocenters. The maximum Gasteiger partial charge on any atom is 0.442 e. The van der Waals surface area contributed by atoms with E-state index >= 15 is 0 Å². The van der Waals surface area contributed by atoms with Crippen LogP contribution in [0.4, 0.5) is 18.9 Å². The van der Waals surface area contributed by atoms with Crippen LogP contribution in [0.2, 0.25) is 0 Å². The molecule has 2 aliphatic rings. The second-order valence-corrected chi connectivity index (χ2v) is 14.7. The van der Waals surface area contributed by atoms with Crippen LogP contribution in [-0.2, 0) is 45.5 Å². The first-order valence-corrected chi connectivity index (χ1v) is 19.5. The van der Waals surface area contributed by atoms with Gasteiger partial charge >= 0.3 is 17.8 Å². The molecular weight excluding hydrogens is 775 g/mol. The van der Waals surface area contributed by atoms with Gasteiger partial charge in [0.05, 0.1) is 25.8 Å². The number of alkyl halides is 3. The second-order valence-electron chi connectivity index (χ2n) is 14.7. The molecule has 0 aliphatic carbocycles. The highest BCUT2D eigenvalue weighted by molar-refractivity contribution is 6.05. The summed E-state index contributed by atoms with van der Waals surface area (Å²) >= 11 is 0. The number of anilines is 1. The number of carboxylic acids is 1. The van der Waals surface area contributed by atoms with Gasteiger partial charge in [0.25, 0.3) is 0 Å². The third-order valence-corrected chi connectivity index (χ3v) is 10.1. The number of nitrogens with one attached hydrogen (secondary N) is 4. The molecule has 0 aromatic heterocycles. The van der Waals surface area contributed by atoms with Crippen LogP contribution in [0, 0.1) is 17.8 Å². The summed E-state index contributed by atoms with van der Waals surface area (Å²) in [5.41, 5.74) is -2.50. The summed E-state index contributed by atoms with van der Waals surface area (Å²) in [5, 5.41) is 26.2. The molecular formula is C41H52F3N7O8. The van der Waals surface area contributed by atoms with Gasteiger partial charge in [0, 0.05) is 42.7 Å². The Morgan fingerprint density at radius 3 is 2.07 bits per heavy atom. The number of benzene rings is 2. The number of terminal acetylenes is 1. The van der Waals surface area contributed by atoms with Crippen molar-refractivity contribution in [3.63, 3.8) is 0 Å². The molecule has 18 heteroatoms. The minimum Gasteiger partial charge on any atom is -0.481 e. The molecule has 0 radical (unpaired) electrons. The number of unbranched alkanes of at least 4 members (excludes halogenated alkanes) is 4. The normalized spacial score (nSPS) is 18.6. The van der Waals surface area contributed by atoms with Crippen molar-refractivity contribution in [3.8, 4) is 12.3 Å². The van der Waals surface area contributed by atoms with E-state index in [0.717, 1.165) is 18.4 Å². The van der Waals surface area contributed by atoms with Crippen LogP contribution in [0.1, 0.15) is 80.8 Å². The average Bonchev–Trinajstić information content (AvgIpc) is 4.03. The standard InChI is InChI=1S/C41H52F3N7O8/c1-4-23-46-37(56)39(26-58-36(59-27-39)29-16-18-30(19-17-29)40(49-50-40)41(42,43)44)38(57)47-24-10-9-11-32(51(2)3)35(55)45-25-22-28-14-20-31(21-15-28)48-33(52)12-7-5-6-8-13-34(53)54/h1,14-21,32,36H,5-13,22-27H2,2-3H3,(H,45,55)(H,46,56)(H,47,57)(H,48,52)(H,53,54)/t32-,36?,39?/m0/s1. The molecule has 2 heterocycles. The van der Waals surface area contributed by atoms with Gasteiger partial charge in [-0.1, -0.05) is 55.2 Å². The third kappa shape index (κ3) is 13.1. The second kappa shape index (κ2) is 21.6. The Kier molecular flexibility index (Phi) is 16.9. The molecule has 0 spiro atoms. The van der Waals surface area contributed by atoms with Crippen molar-refractivity contribution in [2.24, 2.45) is 15.6 Å². The smallest absolute Gasteiger partial charge is 0.442 e. The Hall–Kier alpha value is -5.38. The Balaban J connectivity index is 1.18. The zero-order chi connectivity index (χ0) is 43.1. The number of rotatable bonds is 23. The van der Waals surface area contributed by atoms with Crippen molar-refractivity contribution in [3.05, 3.63) is 65.2 Å². The number of amides is 4. The van der Waals surface area contributed by atoms with Gasteiger partial charge in [0.15, 0.2) is 11.7 Å². The molecule has 1 fully saturated rings. The lowest BCUT2D eigenvalue weighted by Gasteiger charge is -2.37. The molecule has 59 heavy (non-hydrogen) atoms. The highest BCUT2D eigenvalue weighted by Gasteiger charge is 2.65. The van der Waals surface area contributed by atoms with Crippen molar-refractivity contribution < 1.29 is 51.7 Å². The Labute approximate surface area is 341 Å². The van der Waals surface area contributed by atoms with E-state index in [-0.39, 0.29) is 50.1 Å². The van der Waals surface area contributed by atoms with E-state index < -0.39 is 47.4 Å². The number of likely N-dealkylation sites (N-methyl/N-ethyl adjacent to an activating group) is 1. The fourth-order valence-electron chi connectivity index (χ4n) is 6.50. The van der Waals surface area contributed by atoms with Crippen LogP contribution >= 0.6 is 0 Å². The first kappa shape index (κ1) is 46.3. The van der Waals surface area contributed by atoms with Gasteiger partial charge in [-0.25, -0.2) is 0 Å². The minimum atomic E-state index is -4.68. The quantitative estimate of drug-likeness (QED) is 0.0604. The van der Waals surface area contributed by atoms with Crippen molar-refractivity contribution in [1.29, 1.82) is 0 Å². The van der Waals surface area contributed by atoms with E-state index in [1.807, 2.05) is 29.2 Å². The Bertz CT molecular complexity index is 1820. The van der Waals surface area contributed by atoms with Gasteiger partial charge < -0.3 is 35.8 Å². The number of carbonyl (C=O) groups is 5. The van der Waals surface area contributed by atoms with E-state index in [2.05, 4.69) is 37.4 Å². The number of aliphatic carboxylic acids is 1. The van der Waals surface area contributed by atoms with Crippen LogP contribution in [0.15, 0.2) is 58.8 Å². The number of hydrogen-bond acceptors (Lipinski definition) is 10. The zero-order valence-corrected chi connectivity index (χ0v) is 33.2. The van der Waals surface area contributed by atoms with E-state index in [0.29, 0.717) is 62.7 Å². The minimum absolute atomic E-state index is 0.102. The van der Waals surface area contributed by atoms with Crippen LogP contribution in [0.25, 0.3) is 0 Å². The summed E-state index contributed by atoms with van der Waals surface area (Å²) in [6.45, 7) is -0.321. The molecule has 4 amide bonds. The Morgan fingerprint density at radius 2 is 1.49 bits per heavy atom. The van der Waals surface area contributed by atoms with E-state index in [4.69, 9.17) is 21.0 Å². The first-order chi connectivity index (χ1) is 28.1. The van der Waals surface area contributed by atoms with Gasteiger partial charge in [-0.2, -0.15) is 13.2 Å². The molecule has 0 saturated carbocycles. The average molecular weight is 828 g/mol. The molecule has 1 saturated heterocycles. The summed E-state index contributed by atoms with van der Waals surface area (Å²) in [4.78, 5) is 64.5. The molecule has 0 bridgehead atoms. The highest BCUT2D eigenvalue weighted by atomic mass is 19.4. The van der Waals surface area contributed by atoms with E-state index in [9.17, 15) is 37.1 Å². The summed E-state index contributed by atoms with van der Waals surface area (Å²) in [6.07, 6.45) is 5.09. The topological polar surface area (TPSA) is 200 Å². The lowest BCUT2D eigenvalue weighted by atomic mass is 9.86. The van der Waals surface area contributed by atoms with Gasteiger partial charge in [-0.3, -0.25) is 28.9 Å². The monoisotopic (exact) mass is 827 g/mol. The molecule has 5 N–H and O–H groups in total. The van der Waals surface area contributed by atoms with E-state index in [1.165, 1.54) is 24.3 Å². The number of nitrogens with zero attached hydrogens (tertiary/aromatic N) is 3. The van der Waals surface area contributed by atoms with Crippen molar-refractivity contribution >= 4 is 35.3 Å². The SMILES string of the molecule is C#CCNC(=O)C1(C(=O)NCCCC[C@@H](C(=O)NCCc2ccc(NC(=O)CCCCCCC(=O)O)cc2)N(C)C)COC(c2ccc(C3(C(F)(F)F)N=N3)cc2)OC1. The predicted molar refractivity (Wildman–Crippen MR) is 209 cm³/mol. The van der Waals surface area contributed by atoms with Crippen molar-refractivity contribution in [1.82, 2.24) is 20.9 Å². The molecule has 4 rings (SSSR count). The highest BCUT2D eigenvalue weighted by Crippen LogP contribution is 2.52. The van der Waals surface area contributed by atoms with Crippen LogP contribution in [-0.4, -0.2) is 98.8 Å². The third-order valence-electron chi connectivity index (χ3n) is 10.1. The lowest BCUT2D eigenvalue weighted by Crippen LogP contribution is -2.59. The maximum atomic E-state index is 13.5. The molecule has 2 aromatic rings. The number of carboxylic acid groups (broad SMARTS) is 1. The fourth-order valence-corrected chi connectivity index (χ4v) is 6.50. The van der Waals surface area contributed by atoms with Crippen LogP contribution < -0.4 is 21.3 Å². The van der Waals surface area contributed by atoms with E-state index in [1.54, 1.807) is 14.1 Å². The van der Waals surface area contributed by atoms with Gasteiger partial charge in [-0.05, 0) is 70.3 Å². The first-order valence-electron chi connectivity index (χ1n) is 19.5. The zero-order valence-electron chi connectivity index (χ0n) is 33.2. The number of hydrogen-bond donors (Lipinski definition) is 5. The maximum absolute atomic E-state index is 13.5. The molecule has 320 valence electrons. The van der Waals surface area contributed by atoms with Crippen LogP contribution in [0.5, 0.6) is 0 Å². The van der Waals surface area contributed by atoms with Crippen molar-refractivity contribution in [2.45, 2.75) is 88.4 Å².